The molecule has 6 rings (SSSR count). The highest BCUT2D eigenvalue weighted by Crippen LogP contribution is 2.33. The summed E-state index contributed by atoms with van der Waals surface area (Å²) in [6, 6.07) is 14.5. The van der Waals surface area contributed by atoms with Crippen molar-refractivity contribution in [3.63, 3.8) is 0 Å². The van der Waals surface area contributed by atoms with Crippen LogP contribution in [0.2, 0.25) is 5.02 Å². The van der Waals surface area contributed by atoms with Gasteiger partial charge < -0.3 is 29.3 Å². The third kappa shape index (κ3) is 6.87. The molecule has 0 bridgehead atoms. The number of methoxy groups -OCH3 is 1. The second-order valence-corrected chi connectivity index (χ2v) is 11.3. The average molecular weight is 617 g/mol. The van der Waals surface area contributed by atoms with E-state index in [1.54, 1.807) is 18.4 Å². The Labute approximate surface area is 259 Å². The fourth-order valence-corrected chi connectivity index (χ4v) is 5.58. The topological polar surface area (TPSA) is 125 Å². The zero-order valence-corrected chi connectivity index (χ0v) is 25.1. The van der Waals surface area contributed by atoms with E-state index in [0.29, 0.717) is 47.6 Å². The van der Waals surface area contributed by atoms with Crippen molar-refractivity contribution in [1.82, 2.24) is 9.97 Å². The van der Waals surface area contributed by atoms with Crippen LogP contribution in [0.3, 0.4) is 0 Å². The SMILES string of the molecule is COC(=O)c1ccc(NC(=O)CC2CC=C(c3cccc(OCc4ccc(Cl)c5ccoc45)n3)CC2)c(NCC2CCO2)n1. The van der Waals surface area contributed by atoms with Crippen LogP contribution in [0.25, 0.3) is 16.5 Å². The maximum atomic E-state index is 13.0. The summed E-state index contributed by atoms with van der Waals surface area (Å²) in [4.78, 5) is 34.1. The number of esters is 1. The van der Waals surface area contributed by atoms with Gasteiger partial charge in [0.2, 0.25) is 11.8 Å². The first-order valence-corrected chi connectivity index (χ1v) is 15.0. The van der Waals surface area contributed by atoms with Crippen LogP contribution in [0.4, 0.5) is 11.5 Å². The van der Waals surface area contributed by atoms with Crippen LogP contribution >= 0.6 is 11.6 Å². The first-order chi connectivity index (χ1) is 21.5. The van der Waals surface area contributed by atoms with Gasteiger partial charge in [-0.05, 0) is 67.5 Å². The Hall–Kier alpha value is -4.41. The predicted octanol–water partition coefficient (Wildman–Crippen LogP) is 6.65. The molecule has 4 aromatic rings. The fourth-order valence-electron chi connectivity index (χ4n) is 5.36. The molecule has 1 saturated heterocycles. The number of anilines is 2. The maximum Gasteiger partial charge on any atom is 0.356 e. The molecule has 1 aromatic carbocycles. The van der Waals surface area contributed by atoms with Gasteiger partial charge in [0.15, 0.2) is 11.5 Å². The van der Waals surface area contributed by atoms with Crippen molar-refractivity contribution in [3.8, 4) is 5.88 Å². The van der Waals surface area contributed by atoms with Gasteiger partial charge in [-0.2, -0.15) is 0 Å². The molecular weight excluding hydrogens is 584 g/mol. The molecule has 4 heterocycles. The quantitative estimate of drug-likeness (QED) is 0.178. The Bertz CT molecular complexity index is 1700. The van der Waals surface area contributed by atoms with E-state index >= 15 is 0 Å². The molecule has 1 fully saturated rings. The van der Waals surface area contributed by atoms with Gasteiger partial charge in [0.1, 0.15) is 12.2 Å². The number of carbonyl (C=O) groups is 2. The minimum atomic E-state index is -0.543. The minimum absolute atomic E-state index is 0.0864. The summed E-state index contributed by atoms with van der Waals surface area (Å²) < 4.78 is 21.9. The molecule has 1 aliphatic carbocycles. The molecule has 0 saturated carbocycles. The number of ether oxygens (including phenoxy) is 3. The molecule has 3 aromatic heterocycles. The third-order valence-corrected chi connectivity index (χ3v) is 8.25. The number of aromatic nitrogens is 2. The molecule has 2 unspecified atom stereocenters. The largest absolute Gasteiger partial charge is 0.473 e. The van der Waals surface area contributed by atoms with E-state index < -0.39 is 5.97 Å². The van der Waals surface area contributed by atoms with Crippen molar-refractivity contribution >= 4 is 51.5 Å². The molecule has 2 aliphatic rings. The second kappa shape index (κ2) is 13.5. The van der Waals surface area contributed by atoms with Crippen LogP contribution in [-0.4, -0.2) is 48.2 Å². The van der Waals surface area contributed by atoms with E-state index in [4.69, 9.17) is 35.2 Å². The van der Waals surface area contributed by atoms with Gasteiger partial charge >= 0.3 is 5.97 Å². The third-order valence-electron chi connectivity index (χ3n) is 7.92. The summed E-state index contributed by atoms with van der Waals surface area (Å²) in [5.74, 6) is 0.490. The van der Waals surface area contributed by atoms with Gasteiger partial charge in [-0.25, -0.2) is 14.8 Å². The Morgan fingerprint density at radius 2 is 1.98 bits per heavy atom. The van der Waals surface area contributed by atoms with Crippen molar-refractivity contribution in [2.45, 2.75) is 44.8 Å². The summed E-state index contributed by atoms with van der Waals surface area (Å²) in [5.41, 5.74) is 4.29. The second-order valence-electron chi connectivity index (χ2n) is 10.9. The minimum Gasteiger partial charge on any atom is -0.473 e. The van der Waals surface area contributed by atoms with Gasteiger partial charge in [0.25, 0.3) is 0 Å². The van der Waals surface area contributed by atoms with Crippen molar-refractivity contribution in [2.24, 2.45) is 5.92 Å². The zero-order valence-electron chi connectivity index (χ0n) is 24.3. The van der Waals surface area contributed by atoms with Crippen molar-refractivity contribution in [2.75, 3.05) is 30.9 Å². The van der Waals surface area contributed by atoms with Crippen LogP contribution in [0.15, 0.2) is 65.3 Å². The molecule has 2 atom stereocenters. The summed E-state index contributed by atoms with van der Waals surface area (Å²) in [6.07, 6.45) is 7.62. The Morgan fingerprint density at radius 1 is 1.09 bits per heavy atom. The first-order valence-electron chi connectivity index (χ1n) is 14.7. The summed E-state index contributed by atoms with van der Waals surface area (Å²) in [5, 5.41) is 7.67. The van der Waals surface area contributed by atoms with Crippen LogP contribution < -0.4 is 15.4 Å². The van der Waals surface area contributed by atoms with E-state index in [0.717, 1.165) is 54.5 Å². The first kappa shape index (κ1) is 29.7. The predicted molar refractivity (Wildman–Crippen MR) is 167 cm³/mol. The highest BCUT2D eigenvalue weighted by atomic mass is 35.5. The number of halogens is 1. The number of amides is 1. The van der Waals surface area contributed by atoms with Crippen molar-refractivity contribution in [1.29, 1.82) is 0 Å². The summed E-state index contributed by atoms with van der Waals surface area (Å²) in [6.45, 7) is 1.57. The number of pyridine rings is 2. The number of fused-ring (bicyclic) bond motifs is 1. The van der Waals surface area contributed by atoms with E-state index in [-0.39, 0.29) is 23.6 Å². The highest BCUT2D eigenvalue weighted by Gasteiger charge is 2.22. The number of carbonyl (C=O) groups excluding carboxylic acids is 2. The van der Waals surface area contributed by atoms with Crippen LogP contribution in [0.5, 0.6) is 5.88 Å². The zero-order chi connectivity index (χ0) is 30.5. The number of furan rings is 1. The number of hydrogen-bond acceptors (Lipinski definition) is 9. The van der Waals surface area contributed by atoms with Gasteiger partial charge in [-0.3, -0.25) is 4.79 Å². The van der Waals surface area contributed by atoms with Gasteiger partial charge in [-0.1, -0.05) is 29.8 Å². The Kier molecular flexibility index (Phi) is 9.09. The normalized spacial score (nSPS) is 17.8. The fraction of sp³-hybridized carbons (Fsp3) is 0.333. The standard InChI is InChI=1S/C33H33ClN4O6/c1-41-33(40)28-12-11-27(32(38-28)35-18-23-13-15-42-23)36-29(39)17-20-5-7-21(8-6-20)26-3-2-4-30(37-26)44-19-22-9-10-25(34)24-14-16-43-31(22)24/h2-4,7,9-12,14,16,20,23H,5-6,8,13,15,17-19H2,1H3,(H,35,38)(H,36,39). The maximum absolute atomic E-state index is 13.0. The summed E-state index contributed by atoms with van der Waals surface area (Å²) >= 11 is 6.26. The molecule has 11 heteroatoms. The lowest BCUT2D eigenvalue weighted by atomic mass is 9.86. The van der Waals surface area contributed by atoms with E-state index in [2.05, 4.69) is 21.7 Å². The Balaban J connectivity index is 1.05. The molecule has 10 nitrogen and oxygen atoms in total. The number of rotatable bonds is 11. The smallest absolute Gasteiger partial charge is 0.356 e. The van der Waals surface area contributed by atoms with Crippen LogP contribution in [0.1, 0.15) is 53.8 Å². The van der Waals surface area contributed by atoms with Crippen molar-refractivity contribution < 1.29 is 28.2 Å². The highest BCUT2D eigenvalue weighted by molar-refractivity contribution is 6.35. The molecule has 228 valence electrons. The molecule has 0 radical (unpaired) electrons. The van der Waals surface area contributed by atoms with Crippen LogP contribution in [0, 0.1) is 5.92 Å². The molecule has 1 amide bonds. The number of nitrogens with one attached hydrogen (secondary N) is 2. The number of hydrogen-bond donors (Lipinski definition) is 2. The molecule has 2 N–H and O–H groups in total. The van der Waals surface area contributed by atoms with E-state index in [1.165, 1.54) is 7.11 Å². The van der Waals surface area contributed by atoms with Crippen LogP contribution in [-0.2, 0) is 20.9 Å². The molecule has 44 heavy (non-hydrogen) atoms. The van der Waals surface area contributed by atoms with Crippen molar-refractivity contribution in [3.05, 3.63) is 82.8 Å². The molecule has 0 spiro atoms. The average Bonchev–Trinajstić information content (AvgIpc) is 3.52. The van der Waals surface area contributed by atoms with E-state index in [9.17, 15) is 9.59 Å². The summed E-state index contributed by atoms with van der Waals surface area (Å²) in [7, 11) is 1.31. The van der Waals surface area contributed by atoms with Gasteiger partial charge in [0.05, 0.1) is 35.9 Å². The number of nitrogens with zero attached hydrogens (tertiary/aromatic N) is 2. The lowest BCUT2D eigenvalue weighted by molar-refractivity contribution is -0.117. The number of allylic oxidation sites excluding steroid dienone is 2. The monoisotopic (exact) mass is 616 g/mol. The van der Waals surface area contributed by atoms with Gasteiger partial charge in [-0.15, -0.1) is 0 Å². The lowest BCUT2D eigenvalue weighted by Crippen LogP contribution is -2.34. The van der Waals surface area contributed by atoms with Gasteiger partial charge in [0, 0.05) is 36.6 Å². The molecule has 1 aliphatic heterocycles. The Morgan fingerprint density at radius 3 is 2.75 bits per heavy atom. The lowest BCUT2D eigenvalue weighted by Gasteiger charge is -2.27. The molecular formula is C33H33ClN4O6. The van der Waals surface area contributed by atoms with E-state index in [1.807, 2.05) is 36.4 Å². The number of benzene rings is 1.